The fourth-order valence-corrected chi connectivity index (χ4v) is 3.00. The minimum atomic E-state index is -0.0791. The Balaban J connectivity index is 1.64. The highest BCUT2D eigenvalue weighted by atomic mass is 16.5. The second kappa shape index (κ2) is 7.94. The summed E-state index contributed by atoms with van der Waals surface area (Å²) in [5.74, 6) is -0.0811. The summed E-state index contributed by atoms with van der Waals surface area (Å²) in [4.78, 5) is 26.1. The first-order chi connectivity index (χ1) is 12.2. The quantitative estimate of drug-likeness (QED) is 0.909. The van der Waals surface area contributed by atoms with Gasteiger partial charge in [0.25, 0.3) is 5.91 Å². The normalized spacial score (nSPS) is 13.2. The zero-order valence-electron chi connectivity index (χ0n) is 14.3. The SMILES string of the molecule is COCC(=O)N1CCc2cc(C(=O)NCc3ccccc3)ccc2C1. The predicted molar refractivity (Wildman–Crippen MR) is 95.1 cm³/mol. The molecule has 0 radical (unpaired) electrons. The molecule has 2 aromatic carbocycles. The van der Waals surface area contributed by atoms with Crippen molar-refractivity contribution in [2.75, 3.05) is 20.3 Å². The van der Waals surface area contributed by atoms with Gasteiger partial charge in [-0.05, 0) is 35.2 Å². The van der Waals surface area contributed by atoms with Crippen LogP contribution in [-0.2, 0) is 29.0 Å². The van der Waals surface area contributed by atoms with Gasteiger partial charge in [-0.2, -0.15) is 0 Å². The summed E-state index contributed by atoms with van der Waals surface area (Å²) in [6, 6.07) is 15.5. The average molecular weight is 338 g/mol. The molecule has 5 heteroatoms. The van der Waals surface area contributed by atoms with E-state index in [4.69, 9.17) is 4.74 Å². The van der Waals surface area contributed by atoms with Crippen molar-refractivity contribution in [1.29, 1.82) is 0 Å². The number of nitrogens with one attached hydrogen (secondary N) is 1. The highest BCUT2D eigenvalue weighted by Crippen LogP contribution is 2.20. The average Bonchev–Trinajstić information content (AvgIpc) is 2.66. The first kappa shape index (κ1) is 17.2. The first-order valence-corrected chi connectivity index (χ1v) is 8.38. The lowest BCUT2D eigenvalue weighted by atomic mass is 9.97. The second-order valence-corrected chi connectivity index (χ2v) is 6.15. The molecule has 0 atom stereocenters. The second-order valence-electron chi connectivity index (χ2n) is 6.15. The molecule has 0 aliphatic carbocycles. The van der Waals surface area contributed by atoms with Crippen LogP contribution in [0.2, 0.25) is 0 Å². The van der Waals surface area contributed by atoms with Gasteiger partial charge in [0.2, 0.25) is 5.91 Å². The number of hydrogen-bond acceptors (Lipinski definition) is 3. The van der Waals surface area contributed by atoms with Gasteiger partial charge in [0.15, 0.2) is 0 Å². The molecule has 1 N–H and O–H groups in total. The van der Waals surface area contributed by atoms with E-state index in [2.05, 4.69) is 5.32 Å². The van der Waals surface area contributed by atoms with E-state index in [-0.39, 0.29) is 18.4 Å². The van der Waals surface area contributed by atoms with Crippen molar-refractivity contribution in [3.8, 4) is 0 Å². The number of amides is 2. The summed E-state index contributed by atoms with van der Waals surface area (Å²) in [5.41, 5.74) is 3.96. The van der Waals surface area contributed by atoms with Crippen molar-refractivity contribution in [3.63, 3.8) is 0 Å². The van der Waals surface area contributed by atoms with E-state index in [1.807, 2.05) is 48.5 Å². The maximum absolute atomic E-state index is 12.4. The van der Waals surface area contributed by atoms with E-state index in [9.17, 15) is 9.59 Å². The maximum atomic E-state index is 12.4. The number of fused-ring (bicyclic) bond motifs is 1. The van der Waals surface area contributed by atoms with Crippen LogP contribution in [0, 0.1) is 0 Å². The number of methoxy groups -OCH3 is 1. The van der Waals surface area contributed by atoms with Crippen molar-refractivity contribution < 1.29 is 14.3 Å². The van der Waals surface area contributed by atoms with E-state index >= 15 is 0 Å². The lowest BCUT2D eigenvalue weighted by molar-refractivity contribution is -0.136. The molecule has 0 bridgehead atoms. The van der Waals surface area contributed by atoms with Crippen LogP contribution in [0.4, 0.5) is 0 Å². The number of ether oxygens (including phenoxy) is 1. The van der Waals surface area contributed by atoms with E-state index < -0.39 is 0 Å². The minimum Gasteiger partial charge on any atom is -0.375 e. The molecule has 1 aliphatic rings. The fourth-order valence-electron chi connectivity index (χ4n) is 3.00. The Morgan fingerprint density at radius 3 is 2.68 bits per heavy atom. The minimum absolute atomic E-state index is 0.00201. The van der Waals surface area contributed by atoms with Crippen LogP contribution >= 0.6 is 0 Å². The van der Waals surface area contributed by atoms with Gasteiger partial charge in [-0.3, -0.25) is 9.59 Å². The Bertz CT molecular complexity index is 759. The first-order valence-electron chi connectivity index (χ1n) is 8.38. The number of hydrogen-bond donors (Lipinski definition) is 1. The summed E-state index contributed by atoms with van der Waals surface area (Å²) in [5, 5.41) is 2.95. The summed E-state index contributed by atoms with van der Waals surface area (Å²) in [6.45, 7) is 1.85. The molecular weight excluding hydrogens is 316 g/mol. The molecule has 1 aliphatic heterocycles. The Labute approximate surface area is 147 Å². The lowest BCUT2D eigenvalue weighted by Crippen LogP contribution is -2.38. The van der Waals surface area contributed by atoms with E-state index in [1.54, 1.807) is 4.90 Å². The smallest absolute Gasteiger partial charge is 0.251 e. The molecule has 2 amide bonds. The van der Waals surface area contributed by atoms with Crippen LogP contribution in [0.5, 0.6) is 0 Å². The number of carbonyl (C=O) groups is 2. The Kier molecular flexibility index (Phi) is 5.46. The van der Waals surface area contributed by atoms with Crippen molar-refractivity contribution >= 4 is 11.8 Å². The van der Waals surface area contributed by atoms with Crippen LogP contribution in [-0.4, -0.2) is 37.0 Å². The van der Waals surface area contributed by atoms with Gasteiger partial charge in [-0.25, -0.2) is 0 Å². The Hall–Kier alpha value is -2.66. The molecule has 0 aromatic heterocycles. The molecule has 1 heterocycles. The number of benzene rings is 2. The third kappa shape index (κ3) is 4.25. The maximum Gasteiger partial charge on any atom is 0.251 e. The van der Waals surface area contributed by atoms with Crippen molar-refractivity contribution in [1.82, 2.24) is 10.2 Å². The van der Waals surface area contributed by atoms with Crippen LogP contribution in [0.3, 0.4) is 0 Å². The zero-order chi connectivity index (χ0) is 17.6. The van der Waals surface area contributed by atoms with Gasteiger partial charge in [-0.1, -0.05) is 36.4 Å². The topological polar surface area (TPSA) is 58.6 Å². The monoisotopic (exact) mass is 338 g/mol. The van der Waals surface area contributed by atoms with Crippen LogP contribution in [0.1, 0.15) is 27.0 Å². The number of carbonyl (C=O) groups excluding carboxylic acids is 2. The van der Waals surface area contributed by atoms with E-state index in [0.29, 0.717) is 25.2 Å². The lowest BCUT2D eigenvalue weighted by Gasteiger charge is -2.29. The molecule has 3 rings (SSSR count). The molecule has 25 heavy (non-hydrogen) atoms. The molecule has 130 valence electrons. The van der Waals surface area contributed by atoms with Crippen LogP contribution in [0.15, 0.2) is 48.5 Å². The van der Waals surface area contributed by atoms with Crippen molar-refractivity contribution in [2.24, 2.45) is 0 Å². The van der Waals surface area contributed by atoms with Gasteiger partial charge < -0.3 is 15.0 Å². The summed E-state index contributed by atoms with van der Waals surface area (Å²) < 4.78 is 4.91. The van der Waals surface area contributed by atoms with Gasteiger partial charge in [0.1, 0.15) is 6.61 Å². The summed E-state index contributed by atoms with van der Waals surface area (Å²) >= 11 is 0. The number of rotatable bonds is 5. The molecule has 0 fully saturated rings. The van der Waals surface area contributed by atoms with E-state index in [1.165, 1.54) is 7.11 Å². The van der Waals surface area contributed by atoms with Crippen LogP contribution in [0.25, 0.3) is 0 Å². The highest BCUT2D eigenvalue weighted by Gasteiger charge is 2.21. The van der Waals surface area contributed by atoms with Gasteiger partial charge in [0.05, 0.1) is 0 Å². The van der Waals surface area contributed by atoms with Crippen LogP contribution < -0.4 is 5.32 Å². The van der Waals surface area contributed by atoms with E-state index in [0.717, 1.165) is 23.1 Å². The standard InChI is InChI=1S/C20H22N2O3/c1-25-14-19(23)22-10-9-16-11-17(7-8-18(16)13-22)20(24)21-12-15-5-3-2-4-6-15/h2-8,11H,9-10,12-14H2,1H3,(H,21,24). The van der Waals surface area contributed by atoms with Gasteiger partial charge in [-0.15, -0.1) is 0 Å². The molecule has 0 spiro atoms. The molecule has 0 saturated carbocycles. The fraction of sp³-hybridized carbons (Fsp3) is 0.300. The molecule has 5 nitrogen and oxygen atoms in total. The zero-order valence-corrected chi connectivity index (χ0v) is 14.3. The van der Waals surface area contributed by atoms with Gasteiger partial charge >= 0.3 is 0 Å². The molecule has 2 aromatic rings. The van der Waals surface area contributed by atoms with Crippen molar-refractivity contribution in [2.45, 2.75) is 19.5 Å². The van der Waals surface area contributed by atoms with Gasteiger partial charge in [0, 0.05) is 32.3 Å². The number of nitrogens with zero attached hydrogens (tertiary/aromatic N) is 1. The van der Waals surface area contributed by atoms with Crippen molar-refractivity contribution in [3.05, 3.63) is 70.8 Å². The predicted octanol–water partition coefficient (Wildman–Crippen LogP) is 2.15. The highest BCUT2D eigenvalue weighted by molar-refractivity contribution is 5.94. The summed E-state index contributed by atoms with van der Waals surface area (Å²) in [7, 11) is 1.52. The largest absolute Gasteiger partial charge is 0.375 e. The third-order valence-electron chi connectivity index (χ3n) is 4.40. The molecule has 0 saturated heterocycles. The molecular formula is C20H22N2O3. The third-order valence-corrected chi connectivity index (χ3v) is 4.40. The summed E-state index contributed by atoms with van der Waals surface area (Å²) in [6.07, 6.45) is 0.755. The molecule has 0 unspecified atom stereocenters. The Morgan fingerprint density at radius 2 is 1.92 bits per heavy atom. The Morgan fingerprint density at radius 1 is 1.12 bits per heavy atom.